The van der Waals surface area contributed by atoms with Crippen molar-refractivity contribution >= 4 is 5.82 Å². The van der Waals surface area contributed by atoms with E-state index in [9.17, 15) is 5.11 Å². The van der Waals surface area contributed by atoms with Crippen LogP contribution in [0.3, 0.4) is 0 Å². The summed E-state index contributed by atoms with van der Waals surface area (Å²) in [6.07, 6.45) is 7.95. The number of anilines is 1. The zero-order valence-electron chi connectivity index (χ0n) is 14.2. The van der Waals surface area contributed by atoms with Gasteiger partial charge in [-0.1, -0.05) is 18.1 Å². The van der Waals surface area contributed by atoms with E-state index in [1.807, 2.05) is 10.9 Å². The average Bonchev–Trinajstić information content (AvgIpc) is 3.03. The molecule has 2 aromatic heterocycles. The van der Waals surface area contributed by atoms with Crippen LogP contribution < -0.4 is 11.1 Å². The molecule has 2 heterocycles. The number of nitrogens with zero attached hydrogens (tertiary/aromatic N) is 5. The summed E-state index contributed by atoms with van der Waals surface area (Å²) in [4.78, 5) is 8.46. The van der Waals surface area contributed by atoms with Crippen LogP contribution in [0.2, 0.25) is 0 Å². The van der Waals surface area contributed by atoms with Gasteiger partial charge in [0.1, 0.15) is 22.9 Å². The van der Waals surface area contributed by atoms with Crippen LogP contribution in [-0.2, 0) is 12.1 Å². The van der Waals surface area contributed by atoms with E-state index in [1.54, 1.807) is 26.1 Å². The van der Waals surface area contributed by atoms with Crippen molar-refractivity contribution in [1.82, 2.24) is 30.3 Å². The van der Waals surface area contributed by atoms with E-state index in [0.29, 0.717) is 23.9 Å². The van der Waals surface area contributed by atoms with Crippen molar-refractivity contribution in [2.75, 3.05) is 5.73 Å². The standard InChI is InChI=1S/C16H25N7O/c1-16(2,24)13-10-23(22-21-13)12-6-4-3-5-11(12)19-9-15-18-8-7-14(17)20-15/h7-8,10-12,19,24H,3-6,9H2,1-2H3,(H2,17,18,20)/t11-,12+/m0/s1. The van der Waals surface area contributed by atoms with Gasteiger partial charge in [0.15, 0.2) is 0 Å². The third-order valence-electron chi connectivity index (χ3n) is 4.46. The quantitative estimate of drug-likeness (QED) is 0.753. The molecule has 24 heavy (non-hydrogen) atoms. The smallest absolute Gasteiger partial charge is 0.144 e. The van der Waals surface area contributed by atoms with E-state index < -0.39 is 5.60 Å². The van der Waals surface area contributed by atoms with E-state index in [4.69, 9.17) is 5.73 Å². The second-order valence-corrected chi connectivity index (χ2v) is 6.88. The van der Waals surface area contributed by atoms with E-state index in [2.05, 4.69) is 25.6 Å². The van der Waals surface area contributed by atoms with E-state index in [1.165, 1.54) is 6.42 Å². The molecule has 8 nitrogen and oxygen atoms in total. The minimum atomic E-state index is -0.981. The summed E-state index contributed by atoms with van der Waals surface area (Å²) in [6, 6.07) is 2.16. The second kappa shape index (κ2) is 6.82. The van der Waals surface area contributed by atoms with Gasteiger partial charge in [0.05, 0.1) is 18.8 Å². The number of rotatable bonds is 5. The molecular weight excluding hydrogens is 306 g/mol. The van der Waals surface area contributed by atoms with Gasteiger partial charge in [-0.15, -0.1) is 5.10 Å². The lowest BCUT2D eigenvalue weighted by Crippen LogP contribution is -2.40. The number of nitrogen functional groups attached to an aromatic ring is 1. The molecule has 0 aromatic carbocycles. The Labute approximate surface area is 141 Å². The van der Waals surface area contributed by atoms with Gasteiger partial charge >= 0.3 is 0 Å². The lowest BCUT2D eigenvalue weighted by Gasteiger charge is -2.32. The first-order valence-corrected chi connectivity index (χ1v) is 8.39. The number of nitrogens with two attached hydrogens (primary N) is 1. The Hall–Kier alpha value is -2.06. The summed E-state index contributed by atoms with van der Waals surface area (Å²) >= 11 is 0. The number of aliphatic hydroxyl groups is 1. The van der Waals surface area contributed by atoms with Gasteiger partial charge < -0.3 is 16.2 Å². The molecule has 2 atom stereocenters. The maximum atomic E-state index is 10.1. The Morgan fingerprint density at radius 1 is 1.38 bits per heavy atom. The lowest BCUT2D eigenvalue weighted by atomic mass is 9.90. The Balaban J connectivity index is 1.70. The van der Waals surface area contributed by atoms with Crippen molar-refractivity contribution < 1.29 is 5.11 Å². The Morgan fingerprint density at radius 2 is 2.17 bits per heavy atom. The molecular formula is C16H25N7O. The SMILES string of the molecule is CC(C)(O)c1cn([C@@H]2CCCC[C@@H]2NCc2nccc(N)n2)nn1. The van der Waals surface area contributed by atoms with E-state index in [0.717, 1.165) is 19.3 Å². The molecule has 1 aliphatic rings. The first-order valence-electron chi connectivity index (χ1n) is 8.39. The summed E-state index contributed by atoms with van der Waals surface area (Å²) in [5.41, 5.74) is 5.31. The Morgan fingerprint density at radius 3 is 2.88 bits per heavy atom. The largest absolute Gasteiger partial charge is 0.384 e. The van der Waals surface area contributed by atoms with Gasteiger partial charge in [-0.25, -0.2) is 14.6 Å². The number of nitrogens with one attached hydrogen (secondary N) is 1. The van der Waals surface area contributed by atoms with Gasteiger partial charge in [-0.05, 0) is 32.8 Å². The van der Waals surface area contributed by atoms with E-state index >= 15 is 0 Å². The summed E-state index contributed by atoms with van der Waals surface area (Å²) < 4.78 is 1.88. The number of hydrogen-bond donors (Lipinski definition) is 3. The highest BCUT2D eigenvalue weighted by Gasteiger charge is 2.29. The van der Waals surface area contributed by atoms with Crippen molar-refractivity contribution in [1.29, 1.82) is 0 Å². The fourth-order valence-electron chi connectivity index (χ4n) is 3.11. The van der Waals surface area contributed by atoms with Crippen LogP contribution in [0.4, 0.5) is 5.82 Å². The molecule has 0 amide bonds. The predicted octanol–water partition coefficient (Wildman–Crippen LogP) is 1.15. The van der Waals surface area contributed by atoms with E-state index in [-0.39, 0.29) is 12.1 Å². The van der Waals surface area contributed by atoms with Gasteiger partial charge in [-0.3, -0.25) is 0 Å². The van der Waals surface area contributed by atoms with Crippen molar-refractivity contribution in [2.24, 2.45) is 0 Å². The van der Waals surface area contributed by atoms with Crippen LogP contribution in [0.5, 0.6) is 0 Å². The van der Waals surface area contributed by atoms with Crippen molar-refractivity contribution in [3.63, 3.8) is 0 Å². The Kier molecular flexibility index (Phi) is 4.77. The minimum absolute atomic E-state index is 0.211. The molecule has 1 aliphatic carbocycles. The van der Waals surface area contributed by atoms with Crippen LogP contribution in [0.1, 0.15) is 57.1 Å². The molecule has 1 fully saturated rings. The number of aromatic nitrogens is 5. The molecule has 3 rings (SSSR count). The Bertz CT molecular complexity index is 679. The summed E-state index contributed by atoms with van der Waals surface area (Å²) in [5, 5.41) is 22.0. The summed E-state index contributed by atoms with van der Waals surface area (Å²) in [7, 11) is 0. The van der Waals surface area contributed by atoms with Crippen LogP contribution in [-0.4, -0.2) is 36.1 Å². The predicted molar refractivity (Wildman–Crippen MR) is 89.8 cm³/mol. The first-order chi connectivity index (χ1) is 11.4. The fourth-order valence-corrected chi connectivity index (χ4v) is 3.11. The van der Waals surface area contributed by atoms with Crippen LogP contribution in [0, 0.1) is 0 Å². The molecule has 0 bridgehead atoms. The fraction of sp³-hybridized carbons (Fsp3) is 0.625. The summed E-state index contributed by atoms with van der Waals surface area (Å²) in [5.74, 6) is 1.17. The minimum Gasteiger partial charge on any atom is -0.384 e. The normalized spacial score (nSPS) is 21.8. The molecule has 0 unspecified atom stereocenters. The highest BCUT2D eigenvalue weighted by molar-refractivity contribution is 5.24. The zero-order valence-corrected chi connectivity index (χ0v) is 14.2. The average molecular weight is 331 g/mol. The lowest BCUT2D eigenvalue weighted by molar-refractivity contribution is 0.0736. The maximum absolute atomic E-state index is 10.1. The monoisotopic (exact) mass is 331 g/mol. The molecule has 1 saturated carbocycles. The van der Waals surface area contributed by atoms with Gasteiger partial charge in [0.25, 0.3) is 0 Å². The zero-order chi connectivity index (χ0) is 17.2. The van der Waals surface area contributed by atoms with Crippen molar-refractivity contribution in [3.05, 3.63) is 30.0 Å². The van der Waals surface area contributed by atoms with Crippen LogP contribution in [0.25, 0.3) is 0 Å². The van der Waals surface area contributed by atoms with Crippen LogP contribution in [0.15, 0.2) is 18.5 Å². The topological polar surface area (TPSA) is 115 Å². The molecule has 0 spiro atoms. The number of hydrogen-bond acceptors (Lipinski definition) is 7. The van der Waals surface area contributed by atoms with Crippen molar-refractivity contribution in [2.45, 2.75) is 63.8 Å². The molecule has 0 saturated heterocycles. The molecule has 2 aromatic rings. The summed E-state index contributed by atoms with van der Waals surface area (Å²) in [6.45, 7) is 4.00. The van der Waals surface area contributed by atoms with Crippen LogP contribution >= 0.6 is 0 Å². The van der Waals surface area contributed by atoms with Crippen molar-refractivity contribution in [3.8, 4) is 0 Å². The molecule has 8 heteroatoms. The molecule has 0 radical (unpaired) electrons. The second-order valence-electron chi connectivity index (χ2n) is 6.88. The molecule has 4 N–H and O–H groups in total. The highest BCUT2D eigenvalue weighted by atomic mass is 16.3. The third kappa shape index (κ3) is 3.88. The van der Waals surface area contributed by atoms with Gasteiger partial charge in [0, 0.05) is 12.2 Å². The van der Waals surface area contributed by atoms with Gasteiger partial charge in [0.2, 0.25) is 0 Å². The first kappa shape index (κ1) is 16.8. The van der Waals surface area contributed by atoms with Gasteiger partial charge in [-0.2, -0.15) is 0 Å². The molecule has 130 valence electrons. The third-order valence-corrected chi connectivity index (χ3v) is 4.46. The highest BCUT2D eigenvalue weighted by Crippen LogP contribution is 2.29. The molecule has 0 aliphatic heterocycles. The maximum Gasteiger partial charge on any atom is 0.144 e.